The second-order valence-corrected chi connectivity index (χ2v) is 12.2. The molecule has 2 aromatic carbocycles. The van der Waals surface area contributed by atoms with E-state index in [2.05, 4.69) is 98.2 Å². The molecule has 0 aliphatic carbocycles. The van der Waals surface area contributed by atoms with E-state index in [1.54, 1.807) is 0 Å². The number of aryl methyl sites for hydroxylation is 1. The van der Waals surface area contributed by atoms with Crippen LogP contribution in [0, 0.1) is 0 Å². The molecule has 3 atom stereocenters. The fourth-order valence-corrected chi connectivity index (χ4v) is 6.48. The van der Waals surface area contributed by atoms with E-state index in [4.69, 9.17) is 4.98 Å². The summed E-state index contributed by atoms with van der Waals surface area (Å²) in [6.07, 6.45) is 5.18. The van der Waals surface area contributed by atoms with Gasteiger partial charge in [0.05, 0.1) is 17.1 Å². The number of para-hydroxylation sites is 1. The average Bonchev–Trinajstić information content (AvgIpc) is 2.95. The molecule has 4 rings (SSSR count). The maximum Gasteiger partial charge on any atom is 0.261 e. The highest BCUT2D eigenvalue weighted by Crippen LogP contribution is 2.30. The molecule has 7 heteroatoms. The fourth-order valence-electron chi connectivity index (χ4n) is 6.48. The van der Waals surface area contributed by atoms with Crippen molar-refractivity contribution in [3.05, 3.63) is 70.3 Å². The summed E-state index contributed by atoms with van der Waals surface area (Å²) in [7, 11) is 4.26. The van der Waals surface area contributed by atoms with Gasteiger partial charge < -0.3 is 15.1 Å². The van der Waals surface area contributed by atoms with Gasteiger partial charge in [0.1, 0.15) is 11.3 Å². The molecule has 1 N–H and O–H groups in total. The first-order valence-corrected chi connectivity index (χ1v) is 15.8. The summed E-state index contributed by atoms with van der Waals surface area (Å²) in [5, 5.41) is 4.40. The first-order valence-electron chi connectivity index (χ1n) is 15.8. The number of fused-ring (bicyclic) bond motifs is 1. The Balaban J connectivity index is 1.75. The highest BCUT2D eigenvalue weighted by atomic mass is 16.1. The Morgan fingerprint density at radius 3 is 2.32 bits per heavy atom. The van der Waals surface area contributed by atoms with Crippen LogP contribution >= 0.6 is 0 Å². The quantitative estimate of drug-likeness (QED) is 0.288. The molecule has 2 heterocycles. The summed E-state index contributed by atoms with van der Waals surface area (Å²) in [6, 6.07) is 17.9. The molecule has 0 bridgehead atoms. The van der Waals surface area contributed by atoms with Crippen LogP contribution in [0.1, 0.15) is 70.8 Å². The van der Waals surface area contributed by atoms with E-state index < -0.39 is 0 Å². The molecular weight excluding hydrogens is 508 g/mol. The molecule has 1 aromatic heterocycles. The van der Waals surface area contributed by atoms with Crippen LogP contribution in [-0.4, -0.2) is 78.3 Å². The van der Waals surface area contributed by atoms with Gasteiger partial charge in [-0.25, -0.2) is 4.98 Å². The largest absolute Gasteiger partial charge is 0.370 e. The van der Waals surface area contributed by atoms with Crippen molar-refractivity contribution < 1.29 is 0 Å². The highest BCUT2D eigenvalue weighted by molar-refractivity contribution is 5.90. The molecule has 3 aromatic rings. The monoisotopic (exact) mass is 560 g/mol. The van der Waals surface area contributed by atoms with Crippen molar-refractivity contribution in [3.8, 4) is 0 Å². The highest BCUT2D eigenvalue weighted by Gasteiger charge is 2.31. The molecule has 7 nitrogen and oxygen atoms in total. The van der Waals surface area contributed by atoms with Crippen molar-refractivity contribution in [3.63, 3.8) is 0 Å². The van der Waals surface area contributed by atoms with E-state index in [0.29, 0.717) is 18.6 Å². The topological polar surface area (TPSA) is 56.6 Å². The van der Waals surface area contributed by atoms with Gasteiger partial charge in [0, 0.05) is 44.8 Å². The maximum atomic E-state index is 14.0. The van der Waals surface area contributed by atoms with Crippen molar-refractivity contribution in [2.24, 2.45) is 0 Å². The number of nitrogens with zero attached hydrogens (tertiary/aromatic N) is 5. The lowest BCUT2D eigenvalue weighted by Crippen LogP contribution is -2.55. The first-order chi connectivity index (χ1) is 19.8. The third-order valence-corrected chi connectivity index (χ3v) is 8.31. The number of aromatic nitrogens is 2. The molecule has 0 radical (unpaired) electrons. The van der Waals surface area contributed by atoms with Gasteiger partial charge in [-0.2, -0.15) is 0 Å². The minimum Gasteiger partial charge on any atom is -0.370 e. The summed E-state index contributed by atoms with van der Waals surface area (Å²) in [4.78, 5) is 26.8. The van der Waals surface area contributed by atoms with Gasteiger partial charge in [-0.05, 0) is 84.8 Å². The molecule has 1 unspecified atom stereocenters. The Hall–Kier alpha value is -2.74. The number of anilines is 1. The number of hydrogen-bond donors (Lipinski definition) is 1. The van der Waals surface area contributed by atoms with E-state index in [0.717, 1.165) is 87.2 Å². The number of benzene rings is 2. The Kier molecular flexibility index (Phi) is 11.4. The summed E-state index contributed by atoms with van der Waals surface area (Å²) in [5.74, 6) is 0.929. The number of hydrogen-bond acceptors (Lipinski definition) is 6. The van der Waals surface area contributed by atoms with Crippen LogP contribution in [0.3, 0.4) is 0 Å². The van der Waals surface area contributed by atoms with E-state index in [1.165, 1.54) is 5.56 Å². The van der Waals surface area contributed by atoms with E-state index in [-0.39, 0.29) is 11.6 Å². The summed E-state index contributed by atoms with van der Waals surface area (Å²) in [6.45, 7) is 14.3. The molecular formula is C34H52N6O. The third kappa shape index (κ3) is 7.97. The predicted molar refractivity (Wildman–Crippen MR) is 173 cm³/mol. The van der Waals surface area contributed by atoms with E-state index >= 15 is 0 Å². The van der Waals surface area contributed by atoms with Crippen LogP contribution in [0.2, 0.25) is 0 Å². The zero-order chi connectivity index (χ0) is 29.4. The predicted octanol–water partition coefficient (Wildman–Crippen LogP) is 5.33. The number of rotatable bonds is 14. The van der Waals surface area contributed by atoms with Gasteiger partial charge in [-0.15, -0.1) is 0 Å². The van der Waals surface area contributed by atoms with Crippen molar-refractivity contribution in [1.82, 2.24) is 24.7 Å². The summed E-state index contributed by atoms with van der Waals surface area (Å²) in [5.41, 5.74) is 3.41. The number of nitrogens with one attached hydrogen (secondary N) is 1. The molecule has 1 aliphatic heterocycles. The molecule has 0 saturated carbocycles. The van der Waals surface area contributed by atoms with Gasteiger partial charge >= 0.3 is 0 Å². The number of piperazine rings is 1. The van der Waals surface area contributed by atoms with Gasteiger partial charge in [0.15, 0.2) is 0 Å². The van der Waals surface area contributed by atoms with Gasteiger partial charge in [0.25, 0.3) is 5.56 Å². The standard InChI is InChI=1S/C34H52N6O/c1-7-15-31(39-24-26(3)35-27(4)25-39)33-36-32-29(34(41)40(33)8-2)19-12-20-30(32)38(23-14-21-37(5)6)22-13-18-28-16-10-9-11-17-28/h9-12,16-17,19-20,26-27,31,35H,7-8,13-15,18,21-25H2,1-6H3/t26-,27+,31?. The minimum absolute atomic E-state index is 0.0872. The Morgan fingerprint density at radius 2 is 1.66 bits per heavy atom. The lowest BCUT2D eigenvalue weighted by molar-refractivity contribution is 0.109. The molecule has 0 amide bonds. The molecule has 0 spiro atoms. The van der Waals surface area contributed by atoms with Crippen LogP contribution in [0.5, 0.6) is 0 Å². The zero-order valence-corrected chi connectivity index (χ0v) is 26.3. The Labute approximate surface area is 247 Å². The van der Waals surface area contributed by atoms with Crippen LogP contribution in [0.4, 0.5) is 5.69 Å². The van der Waals surface area contributed by atoms with Crippen molar-refractivity contribution in [2.45, 2.75) is 84.5 Å². The second kappa shape index (κ2) is 14.9. The smallest absolute Gasteiger partial charge is 0.261 e. The summed E-state index contributed by atoms with van der Waals surface area (Å²) >= 11 is 0. The lowest BCUT2D eigenvalue weighted by Gasteiger charge is -2.41. The van der Waals surface area contributed by atoms with Crippen LogP contribution in [0.25, 0.3) is 10.9 Å². The third-order valence-electron chi connectivity index (χ3n) is 8.31. The SMILES string of the molecule is CCCC(c1nc2c(N(CCCc3ccccc3)CCCN(C)C)cccc2c(=O)n1CC)N1C[C@@H](C)N[C@@H](C)C1. The van der Waals surface area contributed by atoms with E-state index in [1.807, 2.05) is 16.7 Å². The van der Waals surface area contributed by atoms with Gasteiger partial charge in [-0.3, -0.25) is 14.3 Å². The Bertz CT molecular complexity index is 1280. The first kappa shape index (κ1) is 31.2. The van der Waals surface area contributed by atoms with Crippen molar-refractivity contribution in [1.29, 1.82) is 0 Å². The van der Waals surface area contributed by atoms with Gasteiger partial charge in [-0.1, -0.05) is 49.7 Å². The van der Waals surface area contributed by atoms with Crippen LogP contribution < -0.4 is 15.8 Å². The Morgan fingerprint density at radius 1 is 0.951 bits per heavy atom. The zero-order valence-electron chi connectivity index (χ0n) is 26.3. The molecule has 1 fully saturated rings. The molecule has 41 heavy (non-hydrogen) atoms. The van der Waals surface area contributed by atoms with Crippen molar-refractivity contribution in [2.75, 3.05) is 51.7 Å². The molecule has 1 saturated heterocycles. The minimum atomic E-state index is 0.0872. The van der Waals surface area contributed by atoms with Crippen LogP contribution in [-0.2, 0) is 13.0 Å². The van der Waals surface area contributed by atoms with Crippen molar-refractivity contribution >= 4 is 16.6 Å². The normalized spacial score (nSPS) is 18.7. The van der Waals surface area contributed by atoms with Gasteiger partial charge in [0.2, 0.25) is 0 Å². The van der Waals surface area contributed by atoms with Crippen LogP contribution in [0.15, 0.2) is 53.3 Å². The lowest BCUT2D eigenvalue weighted by atomic mass is 10.0. The average molecular weight is 561 g/mol. The molecule has 1 aliphatic rings. The summed E-state index contributed by atoms with van der Waals surface area (Å²) < 4.78 is 1.94. The van der Waals surface area contributed by atoms with E-state index in [9.17, 15) is 4.79 Å². The molecule has 224 valence electrons. The second-order valence-electron chi connectivity index (χ2n) is 12.2. The fraction of sp³-hybridized carbons (Fsp3) is 0.588. The maximum absolute atomic E-state index is 14.0.